The quantitative estimate of drug-likeness (QED) is 0.0740. The molecule has 0 bridgehead atoms. The second kappa shape index (κ2) is 37.5. The van der Waals surface area contributed by atoms with Crippen LogP contribution in [0.5, 0.6) is 0 Å². The molecule has 18 nitrogen and oxygen atoms in total. The van der Waals surface area contributed by atoms with Crippen molar-refractivity contribution in [1.29, 1.82) is 52.6 Å². The minimum Gasteiger partial charge on any atom is -0.252 e. The summed E-state index contributed by atoms with van der Waals surface area (Å²) in [5.74, 6) is -7.01. The monoisotopic (exact) mass is 1640 g/mol. The van der Waals surface area contributed by atoms with Gasteiger partial charge in [0.05, 0.1) is 119 Å². The molecule has 0 saturated carbocycles. The van der Waals surface area contributed by atoms with Crippen LogP contribution in [-0.2, 0) is 0 Å². The van der Waals surface area contributed by atoms with Crippen molar-refractivity contribution in [3.8, 4) is 161 Å². The SMILES string of the molecule is [C-]#[N+]c1cc(-c2c3ccccc3c(-c3cc(C#N)c(F)c([N+]#[C-])c3)c3ccccc23)cc(C#N)c1F.[C-]#[N+]c1cc(-c2cc(-c3ccccc3)cc(-c3cc(C#N)c(F)c(C#N)c3)c2)cc(C#N)c1F.[C-]#[N+]c1cc(-c2cccc(-c3cc(C#N)c(F)c(C#N)c3)c2)cc(C#N)c1F.[C-]#[N+]c1cc(-c2cnc(-c3cc(C#N)c(F)c([N+]#[C-])c3)cn2)cc(C#N)c1F. The molecule has 0 saturated heterocycles. The fraction of sp³-hybridized carbons (Fsp3) is 0. The van der Waals surface area contributed by atoms with Crippen LogP contribution in [0.25, 0.3) is 151 Å². The summed E-state index contributed by atoms with van der Waals surface area (Å²) in [5, 5.41) is 95.2. The van der Waals surface area contributed by atoms with Crippen molar-refractivity contribution >= 4 is 55.7 Å². The van der Waals surface area contributed by atoms with E-state index in [-0.39, 0.29) is 101 Å². The Bertz CT molecular complexity index is 7150. The fourth-order valence-electron chi connectivity index (χ4n) is 13.5. The lowest BCUT2D eigenvalue weighted by Gasteiger charge is -2.18. The van der Waals surface area contributed by atoms with E-state index in [9.17, 15) is 61.4 Å². The molecule has 0 atom stereocenters. The minimum atomic E-state index is -0.896. The Morgan fingerprint density at radius 3 is 0.659 bits per heavy atom. The molecule has 0 amide bonds. The lowest BCUT2D eigenvalue weighted by atomic mass is 9.85. The van der Waals surface area contributed by atoms with E-state index in [4.69, 9.17) is 65.7 Å². The summed E-state index contributed by atoms with van der Waals surface area (Å²) in [7, 11) is 0. The van der Waals surface area contributed by atoms with Crippen molar-refractivity contribution in [2.45, 2.75) is 0 Å². The largest absolute Gasteiger partial charge is 0.252 e. The van der Waals surface area contributed by atoms with Crippen molar-refractivity contribution in [2.75, 3.05) is 0 Å². The van der Waals surface area contributed by atoms with Crippen LogP contribution in [0.1, 0.15) is 55.6 Å². The highest BCUT2D eigenvalue weighted by Crippen LogP contribution is 2.47. The van der Waals surface area contributed by atoms with Crippen LogP contribution in [0, 0.1) is 199 Å². The van der Waals surface area contributed by atoms with Crippen molar-refractivity contribution in [2.24, 2.45) is 0 Å². The number of hydrogen-bond donors (Lipinski definition) is 0. The average Bonchev–Trinajstić information content (AvgIpc) is 0.726. The van der Waals surface area contributed by atoms with E-state index in [2.05, 4.69) is 39.0 Å². The van der Waals surface area contributed by atoms with Gasteiger partial charge in [-0.05, 0) is 232 Å². The summed E-state index contributed by atoms with van der Waals surface area (Å²) in [6, 6.07) is 75.6. The first-order valence-corrected chi connectivity index (χ1v) is 36.1. The van der Waals surface area contributed by atoms with Crippen LogP contribution in [0.15, 0.2) is 231 Å². The van der Waals surface area contributed by atoms with E-state index in [0.29, 0.717) is 77.9 Å². The van der Waals surface area contributed by atoms with Gasteiger partial charge in [0.25, 0.3) is 0 Å². The van der Waals surface area contributed by atoms with Gasteiger partial charge >= 0.3 is 0 Å². The Kier molecular flexibility index (Phi) is 25.4. The smallest absolute Gasteiger partial charge is 0.224 e. The van der Waals surface area contributed by atoms with Gasteiger partial charge in [-0.25, -0.2) is 64.2 Å². The van der Waals surface area contributed by atoms with Gasteiger partial charge in [-0.2, -0.15) is 52.6 Å². The molecule has 0 radical (unpaired) electrons. The maximum atomic E-state index is 14.5. The summed E-state index contributed by atoms with van der Waals surface area (Å²) >= 11 is 0. The van der Waals surface area contributed by atoms with Crippen LogP contribution in [0.4, 0.5) is 69.2 Å². The van der Waals surface area contributed by atoms with E-state index in [1.54, 1.807) is 78.9 Å². The number of rotatable bonds is 9. The number of benzene rings is 14. The molecule has 15 aromatic rings. The Labute approximate surface area is 712 Å². The van der Waals surface area contributed by atoms with Crippen LogP contribution in [0.2, 0.25) is 0 Å². The van der Waals surface area contributed by atoms with Gasteiger partial charge < -0.3 is 0 Å². The Hall–Kier alpha value is -20.0. The molecule has 126 heavy (non-hydrogen) atoms. The zero-order chi connectivity index (χ0) is 90.2. The minimum absolute atomic E-state index is 0.227. The lowest BCUT2D eigenvalue weighted by molar-refractivity contribution is 0.620. The maximum Gasteiger partial charge on any atom is 0.224 e. The third-order valence-corrected chi connectivity index (χ3v) is 19.4. The lowest BCUT2D eigenvalue weighted by Crippen LogP contribution is -1.94. The van der Waals surface area contributed by atoms with Gasteiger partial charge in [0.1, 0.15) is 95.6 Å². The van der Waals surface area contributed by atoms with Crippen LogP contribution < -0.4 is 0 Å². The van der Waals surface area contributed by atoms with E-state index in [1.807, 2.05) is 103 Å². The molecular weight excluding hydrogens is 1610 g/mol. The average molecular weight is 1640 g/mol. The Balaban J connectivity index is 0.000000154. The molecule has 0 aliphatic rings. The summed E-state index contributed by atoms with van der Waals surface area (Å²) in [6.07, 6.45) is 2.68. The van der Waals surface area contributed by atoms with Gasteiger partial charge in [-0.1, -0.05) is 97.1 Å². The molecule has 14 aromatic carbocycles. The number of halogens is 8. The highest BCUT2D eigenvalue weighted by molar-refractivity contribution is 6.22. The molecule has 1 heterocycles. The van der Waals surface area contributed by atoms with Crippen molar-refractivity contribution in [3.05, 3.63) is 401 Å². The highest BCUT2D eigenvalue weighted by atomic mass is 19.2. The Morgan fingerprint density at radius 1 is 0.198 bits per heavy atom. The summed E-state index contributed by atoms with van der Waals surface area (Å²) in [4.78, 5) is 27.3. The third-order valence-electron chi connectivity index (χ3n) is 19.4. The van der Waals surface area contributed by atoms with Gasteiger partial charge in [-0.3, -0.25) is 9.97 Å². The van der Waals surface area contributed by atoms with E-state index < -0.39 is 46.5 Å². The molecule has 0 unspecified atom stereocenters. The molecule has 0 aliphatic heterocycles. The molecule has 0 spiro atoms. The highest BCUT2D eigenvalue weighted by Gasteiger charge is 2.25. The van der Waals surface area contributed by atoms with Crippen LogP contribution in [0.3, 0.4) is 0 Å². The normalized spacial score (nSPS) is 9.94. The van der Waals surface area contributed by atoms with E-state index in [0.717, 1.165) is 32.7 Å². The molecule has 0 aliphatic carbocycles. The molecule has 15 rings (SSSR count). The van der Waals surface area contributed by atoms with Gasteiger partial charge in [0.15, 0.2) is 11.6 Å². The number of fused-ring (bicyclic) bond motifs is 2. The molecule has 0 N–H and O–H groups in total. The molecule has 1 aromatic heterocycles. The summed E-state index contributed by atoms with van der Waals surface area (Å²) in [5.41, 5.74) is 5.31. The molecule has 584 valence electrons. The van der Waals surface area contributed by atoms with Gasteiger partial charge in [0, 0.05) is 0 Å². The van der Waals surface area contributed by atoms with Crippen molar-refractivity contribution < 1.29 is 35.1 Å². The number of nitriles is 10. The maximum absolute atomic E-state index is 14.5. The topological polar surface area (TPSA) is 290 Å². The number of nitrogens with zero attached hydrogens (tertiary/aromatic N) is 18. The zero-order valence-corrected chi connectivity index (χ0v) is 64.0. The molecule has 26 heteroatoms. The van der Waals surface area contributed by atoms with Crippen molar-refractivity contribution in [1.82, 2.24) is 9.97 Å². The number of hydrogen-bond acceptors (Lipinski definition) is 12. The van der Waals surface area contributed by atoms with Crippen LogP contribution in [-0.4, -0.2) is 9.97 Å². The van der Waals surface area contributed by atoms with Crippen LogP contribution >= 0.6 is 0 Å². The first-order valence-electron chi connectivity index (χ1n) is 36.1. The molecule has 0 fully saturated rings. The number of aromatic nitrogens is 2. The van der Waals surface area contributed by atoms with E-state index in [1.165, 1.54) is 109 Å². The predicted molar refractivity (Wildman–Crippen MR) is 450 cm³/mol. The van der Waals surface area contributed by atoms with Gasteiger partial charge in [-0.15, -0.1) is 0 Å². The first kappa shape index (κ1) is 85.3. The van der Waals surface area contributed by atoms with Gasteiger partial charge in [0.2, 0.25) is 34.1 Å². The third kappa shape index (κ3) is 17.1. The van der Waals surface area contributed by atoms with E-state index >= 15 is 0 Å². The predicted octanol–water partition coefficient (Wildman–Crippen LogP) is 26.0. The second-order valence-corrected chi connectivity index (χ2v) is 26.6. The summed E-state index contributed by atoms with van der Waals surface area (Å²) < 4.78 is 113. The Morgan fingerprint density at radius 2 is 0.389 bits per heavy atom. The standard InChI is InChI=1S/C30H12F2N4.C28H12F2N4.C22H8F2N4.C20H6F2N6/c1-35-25-13-17(11-19(15-33)29(25)31)27-21-7-3-5-9-23(21)28(24-10-6-4-8-22(24)27)18-12-20(16-34)30(32)26(14-18)36-2;1-34-26-13-22(12-25(16-33)28(26)30)20-8-18(17-5-3-2-4-6-17)7-19(9-20)21-10-23(14-31)27(29)24(11-21)15-32;1-28-20-9-16(8-19(12-27)22(20)24)14-4-2-3-13(5-14)15-6-17(10-25)21(23)18(7-15)11-26;1-25-15-5-11(3-13(7-23)19(15)21)17-9-28-18(10-27-17)12-4-14(8-24)20(22)16(6-12)26-2/h3-14H;2-13H;2-9H;3-6,9-10H. The molecular formula is C100H38F8N18. The zero-order valence-electron chi connectivity index (χ0n) is 64.0. The van der Waals surface area contributed by atoms with Crippen molar-refractivity contribution in [3.63, 3.8) is 0 Å². The first-order chi connectivity index (χ1) is 61.0. The fourth-order valence-corrected chi connectivity index (χ4v) is 13.5. The second-order valence-electron chi connectivity index (χ2n) is 26.6. The summed E-state index contributed by atoms with van der Waals surface area (Å²) in [6.45, 7) is 43.1.